The summed E-state index contributed by atoms with van der Waals surface area (Å²) in [4.78, 5) is 19.7. The molecule has 96 valence electrons. The van der Waals surface area contributed by atoms with E-state index < -0.39 is 0 Å². The van der Waals surface area contributed by atoms with Crippen molar-refractivity contribution in [1.82, 2.24) is 15.3 Å². The highest BCUT2D eigenvalue weighted by atomic mass is 35.5. The summed E-state index contributed by atoms with van der Waals surface area (Å²) in [6.07, 6.45) is 2.28. The van der Waals surface area contributed by atoms with E-state index in [1.54, 1.807) is 6.07 Å². The van der Waals surface area contributed by atoms with Crippen LogP contribution in [0.1, 0.15) is 15.9 Å². The predicted octanol–water partition coefficient (Wildman–Crippen LogP) is 2.74. The number of rotatable bonds is 1. The molecule has 0 fully saturated rings. The molecule has 0 saturated carbocycles. The van der Waals surface area contributed by atoms with Gasteiger partial charge in [0.2, 0.25) is 5.28 Å². The maximum atomic E-state index is 11.8. The highest BCUT2D eigenvalue weighted by Crippen LogP contribution is 2.28. The molecule has 4 nitrogen and oxygen atoms in total. The molecule has 0 atom stereocenters. The fraction of sp³-hybridized carbons (Fsp3) is 0.154. The minimum absolute atomic E-state index is 0.0700. The van der Waals surface area contributed by atoms with Gasteiger partial charge in [0.25, 0.3) is 5.91 Å². The Morgan fingerprint density at radius 2 is 2.11 bits per heavy atom. The van der Waals surface area contributed by atoms with Crippen LogP contribution in [-0.4, -0.2) is 22.4 Å². The van der Waals surface area contributed by atoms with E-state index in [0.717, 1.165) is 17.5 Å². The maximum absolute atomic E-state index is 11.8. The van der Waals surface area contributed by atoms with Crippen molar-refractivity contribution in [2.24, 2.45) is 0 Å². The van der Waals surface area contributed by atoms with Crippen molar-refractivity contribution in [2.75, 3.05) is 6.54 Å². The van der Waals surface area contributed by atoms with Crippen molar-refractivity contribution in [3.8, 4) is 11.3 Å². The Bertz CT molecular complexity index is 673. The van der Waals surface area contributed by atoms with Gasteiger partial charge >= 0.3 is 0 Å². The number of carbonyl (C=O) groups excluding carboxylic acids is 1. The molecule has 0 aliphatic carbocycles. The molecule has 0 radical (unpaired) electrons. The zero-order valence-electron chi connectivity index (χ0n) is 9.78. The zero-order chi connectivity index (χ0) is 13.4. The van der Waals surface area contributed by atoms with E-state index >= 15 is 0 Å². The SMILES string of the molecule is O=C1NCCc2ccc(-c3nc(Cl)ncc3Cl)cc21. The van der Waals surface area contributed by atoms with E-state index in [1.165, 1.54) is 6.20 Å². The molecule has 6 heteroatoms. The van der Waals surface area contributed by atoms with E-state index in [4.69, 9.17) is 23.2 Å². The van der Waals surface area contributed by atoms with Crippen LogP contribution in [0.2, 0.25) is 10.3 Å². The number of carbonyl (C=O) groups is 1. The van der Waals surface area contributed by atoms with E-state index in [0.29, 0.717) is 22.8 Å². The van der Waals surface area contributed by atoms with Gasteiger partial charge in [-0.2, -0.15) is 0 Å². The van der Waals surface area contributed by atoms with Crippen LogP contribution in [0.25, 0.3) is 11.3 Å². The number of hydrogen-bond donors (Lipinski definition) is 1. The predicted molar refractivity (Wildman–Crippen MR) is 73.5 cm³/mol. The summed E-state index contributed by atoms with van der Waals surface area (Å²) in [5.74, 6) is -0.0700. The fourth-order valence-corrected chi connectivity index (χ4v) is 2.44. The molecule has 1 amide bonds. The number of amides is 1. The van der Waals surface area contributed by atoms with Gasteiger partial charge in [-0.3, -0.25) is 4.79 Å². The first-order valence-electron chi connectivity index (χ1n) is 5.74. The van der Waals surface area contributed by atoms with Crippen molar-refractivity contribution in [1.29, 1.82) is 0 Å². The molecule has 2 heterocycles. The van der Waals surface area contributed by atoms with Crippen LogP contribution >= 0.6 is 23.2 Å². The second-order valence-electron chi connectivity index (χ2n) is 4.21. The summed E-state index contributed by atoms with van der Waals surface area (Å²) in [6.45, 7) is 0.672. The monoisotopic (exact) mass is 293 g/mol. The Labute approximate surface area is 119 Å². The standard InChI is InChI=1S/C13H9Cl2N3O/c14-10-6-17-13(15)18-11(10)8-2-1-7-3-4-16-12(19)9(7)5-8/h1-2,5-6H,3-4H2,(H,16,19). The van der Waals surface area contributed by atoms with Gasteiger partial charge in [0.1, 0.15) is 0 Å². The third-order valence-electron chi connectivity index (χ3n) is 3.02. The smallest absolute Gasteiger partial charge is 0.251 e. The van der Waals surface area contributed by atoms with E-state index in [9.17, 15) is 4.79 Å². The van der Waals surface area contributed by atoms with Gasteiger partial charge in [0.05, 0.1) is 16.9 Å². The quantitative estimate of drug-likeness (QED) is 0.823. The van der Waals surface area contributed by atoms with Crippen LogP contribution in [0.15, 0.2) is 24.4 Å². The summed E-state index contributed by atoms with van der Waals surface area (Å²) in [7, 11) is 0. The Kier molecular flexibility index (Phi) is 3.12. The summed E-state index contributed by atoms with van der Waals surface area (Å²) in [5.41, 5.74) is 2.98. The topological polar surface area (TPSA) is 54.9 Å². The number of benzene rings is 1. The lowest BCUT2D eigenvalue weighted by Crippen LogP contribution is -2.31. The Morgan fingerprint density at radius 1 is 1.26 bits per heavy atom. The largest absolute Gasteiger partial charge is 0.352 e. The van der Waals surface area contributed by atoms with Crippen LogP contribution in [0.5, 0.6) is 0 Å². The van der Waals surface area contributed by atoms with Crippen molar-refractivity contribution in [3.63, 3.8) is 0 Å². The second-order valence-corrected chi connectivity index (χ2v) is 4.96. The van der Waals surface area contributed by atoms with Crippen molar-refractivity contribution in [3.05, 3.63) is 45.8 Å². The third-order valence-corrected chi connectivity index (χ3v) is 3.48. The first-order chi connectivity index (χ1) is 9.15. The van der Waals surface area contributed by atoms with E-state index in [2.05, 4.69) is 15.3 Å². The molecule has 0 spiro atoms. The normalized spacial score (nSPS) is 13.9. The lowest BCUT2D eigenvalue weighted by molar-refractivity contribution is 0.0946. The first kappa shape index (κ1) is 12.4. The van der Waals surface area contributed by atoms with Gasteiger partial charge in [-0.05, 0) is 29.7 Å². The number of nitrogens with zero attached hydrogens (tertiary/aromatic N) is 2. The van der Waals surface area contributed by atoms with Crippen LogP contribution in [0.3, 0.4) is 0 Å². The fourth-order valence-electron chi connectivity index (χ4n) is 2.11. The van der Waals surface area contributed by atoms with Crippen LogP contribution < -0.4 is 5.32 Å². The van der Waals surface area contributed by atoms with Gasteiger partial charge in [0.15, 0.2) is 0 Å². The average Bonchev–Trinajstić information content (AvgIpc) is 2.42. The molecule has 0 saturated heterocycles. The molecule has 1 aliphatic heterocycles. The maximum Gasteiger partial charge on any atom is 0.251 e. The van der Waals surface area contributed by atoms with Crippen molar-refractivity contribution < 1.29 is 4.79 Å². The van der Waals surface area contributed by atoms with Gasteiger partial charge in [0, 0.05) is 17.7 Å². The minimum Gasteiger partial charge on any atom is -0.352 e. The van der Waals surface area contributed by atoms with Gasteiger partial charge < -0.3 is 5.32 Å². The van der Waals surface area contributed by atoms with Crippen molar-refractivity contribution in [2.45, 2.75) is 6.42 Å². The lowest BCUT2D eigenvalue weighted by Gasteiger charge is -2.17. The van der Waals surface area contributed by atoms with Crippen LogP contribution in [0.4, 0.5) is 0 Å². The summed E-state index contributed by atoms with van der Waals surface area (Å²) >= 11 is 11.8. The number of halogens is 2. The molecule has 0 unspecified atom stereocenters. The molecular formula is C13H9Cl2N3O. The van der Waals surface area contributed by atoms with Crippen molar-refractivity contribution >= 4 is 29.1 Å². The van der Waals surface area contributed by atoms with Gasteiger partial charge in [-0.25, -0.2) is 9.97 Å². The number of fused-ring (bicyclic) bond motifs is 1. The Balaban J connectivity index is 2.14. The highest BCUT2D eigenvalue weighted by Gasteiger charge is 2.18. The molecule has 19 heavy (non-hydrogen) atoms. The lowest BCUT2D eigenvalue weighted by atomic mass is 9.97. The number of nitrogens with one attached hydrogen (secondary N) is 1. The summed E-state index contributed by atoms with van der Waals surface area (Å²) in [6, 6.07) is 5.60. The van der Waals surface area contributed by atoms with Crippen LogP contribution in [0, 0.1) is 0 Å². The second kappa shape index (κ2) is 4.79. The van der Waals surface area contributed by atoms with Crippen LogP contribution in [-0.2, 0) is 6.42 Å². The van der Waals surface area contributed by atoms with E-state index in [-0.39, 0.29) is 11.2 Å². The van der Waals surface area contributed by atoms with Gasteiger partial charge in [-0.1, -0.05) is 23.7 Å². The molecular weight excluding hydrogens is 285 g/mol. The minimum atomic E-state index is -0.0700. The highest BCUT2D eigenvalue weighted by molar-refractivity contribution is 6.33. The molecule has 3 rings (SSSR count). The molecule has 1 aromatic heterocycles. The molecule has 1 aromatic carbocycles. The van der Waals surface area contributed by atoms with Gasteiger partial charge in [-0.15, -0.1) is 0 Å². The summed E-state index contributed by atoms with van der Waals surface area (Å²) in [5, 5.41) is 3.34. The summed E-state index contributed by atoms with van der Waals surface area (Å²) < 4.78 is 0. The Hall–Kier alpha value is -1.65. The molecule has 1 aliphatic rings. The average molecular weight is 294 g/mol. The first-order valence-corrected chi connectivity index (χ1v) is 6.50. The molecule has 0 bridgehead atoms. The number of aromatic nitrogens is 2. The molecule has 2 aromatic rings. The zero-order valence-corrected chi connectivity index (χ0v) is 11.3. The number of hydrogen-bond acceptors (Lipinski definition) is 3. The third kappa shape index (κ3) is 2.29. The molecule has 1 N–H and O–H groups in total. The van der Waals surface area contributed by atoms with E-state index in [1.807, 2.05) is 12.1 Å². The Morgan fingerprint density at radius 3 is 2.95 bits per heavy atom.